The summed E-state index contributed by atoms with van der Waals surface area (Å²) in [5, 5.41) is 25.5. The maximum atomic E-state index is 12.1. The second-order valence-electron chi connectivity index (χ2n) is 5.75. The van der Waals surface area contributed by atoms with E-state index in [-0.39, 0.29) is 17.8 Å². The van der Waals surface area contributed by atoms with E-state index in [4.69, 9.17) is 0 Å². The van der Waals surface area contributed by atoms with Gasteiger partial charge in [-0.3, -0.25) is 19.7 Å². The van der Waals surface area contributed by atoms with Crippen LogP contribution in [0.2, 0.25) is 0 Å². The van der Waals surface area contributed by atoms with Gasteiger partial charge in [-0.15, -0.1) is 0 Å². The molecule has 9 nitrogen and oxygen atoms in total. The molecule has 3 N–H and O–H groups in total. The van der Waals surface area contributed by atoms with Crippen LogP contribution in [0.5, 0.6) is 0 Å². The number of aliphatic carboxylic acids is 1. The van der Waals surface area contributed by atoms with Gasteiger partial charge in [-0.1, -0.05) is 26.0 Å². The molecule has 0 heterocycles. The average Bonchev–Trinajstić information content (AvgIpc) is 2.60. The molecule has 26 heavy (non-hydrogen) atoms. The molecule has 0 aliphatic rings. The van der Waals surface area contributed by atoms with Gasteiger partial charge in [-0.05, 0) is 38.7 Å². The molecule has 1 rings (SSSR count). The van der Waals surface area contributed by atoms with E-state index in [9.17, 15) is 24.8 Å². The van der Waals surface area contributed by atoms with Crippen molar-refractivity contribution < 1.29 is 19.6 Å². The lowest BCUT2D eigenvalue weighted by molar-refractivity contribution is -0.383. The molecule has 9 heteroatoms. The first-order chi connectivity index (χ1) is 12.4. The molecule has 0 saturated carbocycles. The van der Waals surface area contributed by atoms with Crippen molar-refractivity contribution in [3.63, 3.8) is 0 Å². The third-order valence-electron chi connectivity index (χ3n) is 4.00. The Bertz CT molecular complexity index is 619. The largest absolute Gasteiger partial charge is 0.480 e. The smallest absolute Gasteiger partial charge is 0.321 e. The molecule has 0 saturated heterocycles. The number of amides is 1. The molecule has 0 aliphatic heterocycles. The molecule has 1 aromatic carbocycles. The van der Waals surface area contributed by atoms with Crippen LogP contribution in [0.15, 0.2) is 24.3 Å². The predicted octanol–water partition coefficient (Wildman–Crippen LogP) is 1.70. The first kappa shape index (κ1) is 21.5. The summed E-state index contributed by atoms with van der Waals surface area (Å²) in [4.78, 5) is 36.0. The minimum Gasteiger partial charge on any atom is -0.480 e. The first-order valence-corrected chi connectivity index (χ1v) is 8.60. The van der Waals surface area contributed by atoms with Gasteiger partial charge in [0, 0.05) is 6.07 Å². The van der Waals surface area contributed by atoms with E-state index in [2.05, 4.69) is 29.4 Å². The summed E-state index contributed by atoms with van der Waals surface area (Å²) in [7, 11) is 0. The van der Waals surface area contributed by atoms with E-state index in [1.165, 1.54) is 18.2 Å². The zero-order valence-electron chi connectivity index (χ0n) is 15.1. The summed E-state index contributed by atoms with van der Waals surface area (Å²) in [6, 6.07) is 4.68. The van der Waals surface area contributed by atoms with Crippen molar-refractivity contribution in [1.82, 2.24) is 10.2 Å². The molecule has 1 atom stereocenters. The average molecular weight is 366 g/mol. The Morgan fingerprint density at radius 3 is 2.50 bits per heavy atom. The molecular formula is C17H26N4O5. The number of anilines is 1. The van der Waals surface area contributed by atoms with Crippen LogP contribution < -0.4 is 10.6 Å². The number of hydrogen-bond donors (Lipinski definition) is 3. The number of rotatable bonds is 12. The van der Waals surface area contributed by atoms with Crippen molar-refractivity contribution in [2.75, 3.05) is 31.5 Å². The Morgan fingerprint density at radius 2 is 1.92 bits per heavy atom. The zero-order chi connectivity index (χ0) is 19.5. The number of carboxylic acids is 1. The molecule has 0 radical (unpaired) electrons. The van der Waals surface area contributed by atoms with E-state index in [0.717, 1.165) is 26.1 Å². The van der Waals surface area contributed by atoms with Crippen molar-refractivity contribution in [3.05, 3.63) is 34.4 Å². The summed E-state index contributed by atoms with van der Waals surface area (Å²) in [6.07, 6.45) is 0.448. The van der Waals surface area contributed by atoms with Crippen LogP contribution in [-0.2, 0) is 9.59 Å². The molecule has 0 fully saturated rings. The standard InChI is InChI=1S/C17H26N4O5/c1-3-20(4-2)11-7-10-18-14(17(23)24)12-16(22)19-13-8-5-6-9-15(13)21(25)26/h5-6,8-9,14,18H,3-4,7,10-12H2,1-2H3,(H,19,22)(H,23,24). The normalized spacial score (nSPS) is 12.0. The highest BCUT2D eigenvalue weighted by Crippen LogP contribution is 2.23. The lowest BCUT2D eigenvalue weighted by Gasteiger charge is -2.19. The summed E-state index contributed by atoms with van der Waals surface area (Å²) in [5.41, 5.74) is -0.187. The van der Waals surface area contributed by atoms with Crippen molar-refractivity contribution >= 4 is 23.3 Å². The number of carboxylic acid groups (broad SMARTS) is 1. The van der Waals surface area contributed by atoms with E-state index in [1.807, 2.05) is 0 Å². The number of benzene rings is 1. The molecule has 0 aliphatic carbocycles. The first-order valence-electron chi connectivity index (χ1n) is 8.60. The Hall–Kier alpha value is -2.52. The number of hydrogen-bond acceptors (Lipinski definition) is 6. The molecule has 0 bridgehead atoms. The van der Waals surface area contributed by atoms with Crippen molar-refractivity contribution in [2.45, 2.75) is 32.7 Å². The van der Waals surface area contributed by atoms with Gasteiger partial charge in [0.05, 0.1) is 11.3 Å². The highest BCUT2D eigenvalue weighted by Gasteiger charge is 2.22. The maximum absolute atomic E-state index is 12.1. The van der Waals surface area contributed by atoms with Gasteiger partial charge in [0.25, 0.3) is 5.69 Å². The highest BCUT2D eigenvalue weighted by atomic mass is 16.6. The number of nitrogens with one attached hydrogen (secondary N) is 2. The highest BCUT2D eigenvalue weighted by molar-refractivity contribution is 5.95. The van der Waals surface area contributed by atoms with E-state index in [1.54, 1.807) is 6.07 Å². The van der Waals surface area contributed by atoms with Crippen LogP contribution in [0, 0.1) is 10.1 Å². The Balaban J connectivity index is 2.55. The quantitative estimate of drug-likeness (QED) is 0.292. The Morgan fingerprint density at radius 1 is 1.27 bits per heavy atom. The third-order valence-corrected chi connectivity index (χ3v) is 4.00. The fraction of sp³-hybridized carbons (Fsp3) is 0.529. The van der Waals surface area contributed by atoms with Gasteiger partial charge in [-0.2, -0.15) is 0 Å². The van der Waals surface area contributed by atoms with Crippen LogP contribution in [-0.4, -0.2) is 59.0 Å². The number of carbonyl (C=O) groups excluding carboxylic acids is 1. The van der Waals surface area contributed by atoms with Crippen molar-refractivity contribution in [1.29, 1.82) is 0 Å². The lowest BCUT2D eigenvalue weighted by atomic mass is 10.2. The third kappa shape index (κ3) is 7.16. The van der Waals surface area contributed by atoms with Gasteiger partial charge in [0.2, 0.25) is 5.91 Å². The van der Waals surface area contributed by atoms with Crippen LogP contribution in [0.3, 0.4) is 0 Å². The molecule has 0 spiro atoms. The van der Waals surface area contributed by atoms with Gasteiger partial charge in [0.1, 0.15) is 11.7 Å². The number of nitrogens with zero attached hydrogens (tertiary/aromatic N) is 2. The minimum atomic E-state index is -1.13. The SMILES string of the molecule is CCN(CC)CCCNC(CC(=O)Nc1ccccc1[N+](=O)[O-])C(=O)O. The van der Waals surface area contributed by atoms with Crippen molar-refractivity contribution in [2.24, 2.45) is 0 Å². The Kier molecular flexibility index (Phi) is 9.24. The van der Waals surface area contributed by atoms with E-state index < -0.39 is 22.8 Å². The lowest BCUT2D eigenvalue weighted by Crippen LogP contribution is -2.41. The summed E-state index contributed by atoms with van der Waals surface area (Å²) in [6.45, 7) is 7.28. The zero-order valence-corrected chi connectivity index (χ0v) is 15.1. The van der Waals surface area contributed by atoms with E-state index >= 15 is 0 Å². The van der Waals surface area contributed by atoms with Gasteiger partial charge in [0.15, 0.2) is 0 Å². The molecule has 1 aromatic rings. The monoisotopic (exact) mass is 366 g/mol. The summed E-state index contributed by atoms with van der Waals surface area (Å²) < 4.78 is 0. The van der Waals surface area contributed by atoms with Crippen molar-refractivity contribution in [3.8, 4) is 0 Å². The topological polar surface area (TPSA) is 125 Å². The number of nitro benzene ring substituents is 1. The van der Waals surface area contributed by atoms with Gasteiger partial charge >= 0.3 is 5.97 Å². The second kappa shape index (κ2) is 11.2. The van der Waals surface area contributed by atoms with Crippen LogP contribution in [0.4, 0.5) is 11.4 Å². The van der Waals surface area contributed by atoms with Gasteiger partial charge in [-0.25, -0.2) is 0 Å². The molecular weight excluding hydrogens is 340 g/mol. The van der Waals surface area contributed by atoms with Gasteiger partial charge < -0.3 is 20.6 Å². The van der Waals surface area contributed by atoms with E-state index in [0.29, 0.717) is 6.54 Å². The number of nitro groups is 1. The molecule has 1 amide bonds. The van der Waals surface area contributed by atoms with Crippen LogP contribution in [0.25, 0.3) is 0 Å². The fourth-order valence-corrected chi connectivity index (χ4v) is 2.49. The minimum absolute atomic E-state index is 0.0492. The Labute approximate surface area is 152 Å². The van der Waals surface area contributed by atoms with Crippen LogP contribution in [0.1, 0.15) is 26.7 Å². The number of carbonyl (C=O) groups is 2. The summed E-state index contributed by atoms with van der Waals surface area (Å²) in [5.74, 6) is -1.73. The fourth-order valence-electron chi connectivity index (χ4n) is 2.49. The molecule has 0 aromatic heterocycles. The maximum Gasteiger partial charge on any atom is 0.321 e. The van der Waals surface area contributed by atoms with Crippen LogP contribution >= 0.6 is 0 Å². The second-order valence-corrected chi connectivity index (χ2v) is 5.75. The molecule has 1 unspecified atom stereocenters. The summed E-state index contributed by atoms with van der Waals surface area (Å²) >= 11 is 0. The number of para-hydroxylation sites is 2. The molecule has 144 valence electrons. The predicted molar refractivity (Wildman–Crippen MR) is 98.2 cm³/mol.